The van der Waals surface area contributed by atoms with Crippen LogP contribution in [0.3, 0.4) is 0 Å². The molecule has 4 fully saturated rings. The van der Waals surface area contributed by atoms with Crippen LogP contribution < -0.4 is 5.32 Å². The van der Waals surface area contributed by atoms with Crippen LogP contribution in [0.2, 0.25) is 0 Å². The minimum atomic E-state index is -0.293. The van der Waals surface area contributed by atoms with E-state index in [1.54, 1.807) is 7.11 Å². The Bertz CT molecular complexity index is 509. The van der Waals surface area contributed by atoms with Crippen molar-refractivity contribution in [1.29, 1.82) is 0 Å². The van der Waals surface area contributed by atoms with Gasteiger partial charge in [-0.1, -0.05) is 6.42 Å². The number of nitrogens with one attached hydrogen (secondary N) is 1. The summed E-state index contributed by atoms with van der Waals surface area (Å²) < 4.78 is 5.20. The van der Waals surface area contributed by atoms with Gasteiger partial charge >= 0.3 is 0 Å². The molecule has 2 bridgehead atoms. The number of methoxy groups -OCH3 is 1. The third kappa shape index (κ3) is 2.75. The molecule has 0 spiro atoms. The van der Waals surface area contributed by atoms with E-state index in [0.717, 1.165) is 30.7 Å². The van der Waals surface area contributed by atoms with Crippen LogP contribution in [-0.2, 0) is 14.3 Å². The van der Waals surface area contributed by atoms with E-state index in [2.05, 4.69) is 10.2 Å². The zero-order chi connectivity index (χ0) is 16.7. The Morgan fingerprint density at radius 2 is 2.04 bits per heavy atom. The highest BCUT2D eigenvalue weighted by Gasteiger charge is 2.56. The predicted octanol–water partition coefficient (Wildman–Crippen LogP) is 1.95. The Balaban J connectivity index is 1.48. The van der Waals surface area contributed by atoms with Crippen molar-refractivity contribution >= 4 is 11.8 Å². The minimum Gasteiger partial charge on any atom is -0.385 e. The lowest BCUT2D eigenvalue weighted by molar-refractivity contribution is -0.138. The first-order valence-corrected chi connectivity index (χ1v) is 9.78. The zero-order valence-corrected chi connectivity index (χ0v) is 14.7. The summed E-state index contributed by atoms with van der Waals surface area (Å²) in [6.07, 6.45) is 8.69. The number of fused-ring (bicyclic) bond motifs is 5. The summed E-state index contributed by atoms with van der Waals surface area (Å²) in [4.78, 5) is 26.8. The summed E-state index contributed by atoms with van der Waals surface area (Å²) in [6, 6.07) is 0.106. The van der Waals surface area contributed by atoms with Crippen LogP contribution >= 0.6 is 0 Å². The Morgan fingerprint density at radius 3 is 2.79 bits per heavy atom. The highest BCUT2D eigenvalue weighted by molar-refractivity contribution is 5.91. The topological polar surface area (TPSA) is 58.6 Å². The molecule has 0 aromatic rings. The smallest absolute Gasteiger partial charge is 0.245 e. The molecule has 2 amide bonds. The SMILES string of the molecule is COCCCN(C(=O)[C@H]1CCC(=O)N1)C1CC2CC1C1CCCC21. The van der Waals surface area contributed by atoms with Crippen molar-refractivity contribution in [1.82, 2.24) is 10.2 Å². The summed E-state index contributed by atoms with van der Waals surface area (Å²) in [6.45, 7) is 1.46. The molecule has 5 heteroatoms. The van der Waals surface area contributed by atoms with Crippen molar-refractivity contribution in [2.45, 2.75) is 63.5 Å². The number of nitrogens with zero attached hydrogens (tertiary/aromatic N) is 1. The second-order valence-electron chi connectivity index (χ2n) is 8.26. The van der Waals surface area contributed by atoms with Crippen LogP contribution in [0, 0.1) is 23.7 Å². The first-order valence-electron chi connectivity index (χ1n) is 9.78. The molecule has 134 valence electrons. The van der Waals surface area contributed by atoms with Crippen LogP contribution in [0.1, 0.15) is 51.4 Å². The minimum absolute atomic E-state index is 0.0222. The average Bonchev–Trinajstić information content (AvgIpc) is 3.31. The molecule has 1 saturated heterocycles. The van der Waals surface area contributed by atoms with Crippen LogP contribution in [0.4, 0.5) is 0 Å². The third-order valence-electron chi connectivity index (χ3n) is 7.12. The molecular formula is C19H30N2O3. The van der Waals surface area contributed by atoms with Crippen molar-refractivity contribution in [3.63, 3.8) is 0 Å². The summed E-state index contributed by atoms with van der Waals surface area (Å²) in [5.74, 6) is 3.51. The molecule has 4 aliphatic rings. The molecule has 24 heavy (non-hydrogen) atoms. The summed E-state index contributed by atoms with van der Waals surface area (Å²) in [5.41, 5.74) is 0. The summed E-state index contributed by atoms with van der Waals surface area (Å²) >= 11 is 0. The van der Waals surface area contributed by atoms with Gasteiger partial charge in [-0.05, 0) is 62.2 Å². The van der Waals surface area contributed by atoms with Gasteiger partial charge in [0.05, 0.1) is 0 Å². The van der Waals surface area contributed by atoms with Crippen molar-refractivity contribution in [3.8, 4) is 0 Å². The number of carbonyl (C=O) groups excluding carboxylic acids is 2. The lowest BCUT2D eigenvalue weighted by Gasteiger charge is -2.40. The van der Waals surface area contributed by atoms with Crippen molar-refractivity contribution in [2.24, 2.45) is 23.7 Å². The van der Waals surface area contributed by atoms with Gasteiger partial charge in [0.25, 0.3) is 0 Å². The number of carbonyl (C=O) groups is 2. The largest absolute Gasteiger partial charge is 0.385 e. The monoisotopic (exact) mass is 334 g/mol. The van der Waals surface area contributed by atoms with E-state index in [1.807, 2.05) is 0 Å². The molecule has 3 aliphatic carbocycles. The molecule has 4 rings (SSSR count). The fourth-order valence-electron chi connectivity index (χ4n) is 6.21. The molecule has 5 unspecified atom stereocenters. The van der Waals surface area contributed by atoms with Gasteiger partial charge < -0.3 is 15.0 Å². The highest BCUT2D eigenvalue weighted by atomic mass is 16.5. The normalized spacial score (nSPS) is 40.0. The summed E-state index contributed by atoms with van der Waals surface area (Å²) in [5, 5.41) is 2.88. The molecular weight excluding hydrogens is 304 g/mol. The maximum absolute atomic E-state index is 13.1. The first kappa shape index (κ1) is 16.4. The number of amides is 2. The van der Waals surface area contributed by atoms with Crippen molar-refractivity contribution < 1.29 is 14.3 Å². The van der Waals surface area contributed by atoms with E-state index in [4.69, 9.17) is 4.74 Å². The Morgan fingerprint density at radius 1 is 1.21 bits per heavy atom. The molecule has 5 nitrogen and oxygen atoms in total. The fraction of sp³-hybridized carbons (Fsp3) is 0.895. The van der Waals surface area contributed by atoms with E-state index < -0.39 is 0 Å². The standard InChI is InChI=1S/C19H30N2O3/c1-24-9-3-8-21(19(23)16-6-7-18(22)20-16)17-11-12-10-15(17)14-5-2-4-13(12)14/h12-17H,2-11H2,1H3,(H,20,22)/t12?,13?,14?,15?,16-,17?/m1/s1. The number of hydrogen-bond donors (Lipinski definition) is 1. The van der Waals surface area contributed by atoms with Gasteiger partial charge in [-0.15, -0.1) is 0 Å². The molecule has 1 heterocycles. The molecule has 1 N–H and O–H groups in total. The third-order valence-corrected chi connectivity index (χ3v) is 7.12. The van der Waals surface area contributed by atoms with Gasteiger partial charge in [0.1, 0.15) is 6.04 Å². The van der Waals surface area contributed by atoms with E-state index in [9.17, 15) is 9.59 Å². The van der Waals surface area contributed by atoms with Gasteiger partial charge in [0.15, 0.2) is 0 Å². The maximum Gasteiger partial charge on any atom is 0.245 e. The number of ether oxygens (including phenoxy) is 1. The Kier molecular flexibility index (Phi) is 4.54. The molecule has 3 saturated carbocycles. The predicted molar refractivity (Wildman–Crippen MR) is 90.2 cm³/mol. The quantitative estimate of drug-likeness (QED) is 0.756. The molecule has 0 aromatic carbocycles. The molecule has 0 aromatic heterocycles. The van der Waals surface area contributed by atoms with E-state index in [1.165, 1.54) is 32.1 Å². The average molecular weight is 334 g/mol. The van der Waals surface area contributed by atoms with Crippen molar-refractivity contribution in [3.05, 3.63) is 0 Å². The Labute approximate surface area is 144 Å². The zero-order valence-electron chi connectivity index (χ0n) is 14.7. The van der Waals surface area contributed by atoms with Crippen LogP contribution in [-0.4, -0.2) is 49.1 Å². The van der Waals surface area contributed by atoms with Crippen LogP contribution in [0.5, 0.6) is 0 Å². The molecule has 1 aliphatic heterocycles. The second-order valence-corrected chi connectivity index (χ2v) is 8.26. The van der Waals surface area contributed by atoms with Gasteiger partial charge in [-0.2, -0.15) is 0 Å². The lowest BCUT2D eigenvalue weighted by atomic mass is 9.78. The van der Waals surface area contributed by atoms with E-state index >= 15 is 0 Å². The summed E-state index contributed by atoms with van der Waals surface area (Å²) in [7, 11) is 1.71. The second kappa shape index (κ2) is 6.66. The first-order chi connectivity index (χ1) is 11.7. The van der Waals surface area contributed by atoms with Gasteiger partial charge in [0, 0.05) is 32.7 Å². The molecule has 0 radical (unpaired) electrons. The van der Waals surface area contributed by atoms with Crippen LogP contribution in [0.25, 0.3) is 0 Å². The van der Waals surface area contributed by atoms with E-state index in [-0.39, 0.29) is 17.9 Å². The Hall–Kier alpha value is -1.10. The van der Waals surface area contributed by atoms with Crippen molar-refractivity contribution in [2.75, 3.05) is 20.3 Å². The van der Waals surface area contributed by atoms with Gasteiger partial charge in [0.2, 0.25) is 11.8 Å². The lowest BCUT2D eigenvalue weighted by Crippen LogP contribution is -2.52. The number of rotatable bonds is 6. The van der Waals surface area contributed by atoms with Gasteiger partial charge in [-0.25, -0.2) is 0 Å². The fourth-order valence-corrected chi connectivity index (χ4v) is 6.21. The number of hydrogen-bond acceptors (Lipinski definition) is 3. The van der Waals surface area contributed by atoms with Crippen LogP contribution in [0.15, 0.2) is 0 Å². The van der Waals surface area contributed by atoms with E-state index in [0.29, 0.717) is 31.4 Å². The highest BCUT2D eigenvalue weighted by Crippen LogP contribution is 2.59. The molecule has 6 atom stereocenters. The maximum atomic E-state index is 13.1. The van der Waals surface area contributed by atoms with Gasteiger partial charge in [-0.3, -0.25) is 9.59 Å².